The number of halogens is 3. The molecule has 19 heavy (non-hydrogen) atoms. The second-order valence-corrected chi connectivity index (χ2v) is 5.87. The van der Waals surface area contributed by atoms with Crippen LogP contribution in [-0.2, 0) is 6.18 Å². The largest absolute Gasteiger partial charge is 0.433 e. The van der Waals surface area contributed by atoms with E-state index >= 15 is 0 Å². The number of rotatable bonds is 2. The van der Waals surface area contributed by atoms with Gasteiger partial charge in [0.1, 0.15) is 5.69 Å². The highest BCUT2D eigenvalue weighted by Crippen LogP contribution is 2.36. The summed E-state index contributed by atoms with van der Waals surface area (Å²) in [4.78, 5) is 7.41. The van der Waals surface area contributed by atoms with Crippen LogP contribution in [0.1, 0.15) is 45.2 Å². The Bertz CT molecular complexity index is 443. The maximum absolute atomic E-state index is 12.6. The van der Waals surface area contributed by atoms with E-state index in [2.05, 4.69) is 29.1 Å². The Balaban J connectivity index is 2.07. The van der Waals surface area contributed by atoms with E-state index in [1.165, 1.54) is 0 Å². The summed E-state index contributed by atoms with van der Waals surface area (Å²) in [7, 11) is 0. The van der Waals surface area contributed by atoms with Gasteiger partial charge in [-0.3, -0.25) is 0 Å². The SMILES string of the molecule is CC1(C)CCCC(Nc2nccc(C(F)(F)F)n2)C1. The van der Waals surface area contributed by atoms with Gasteiger partial charge in [-0.25, -0.2) is 9.97 Å². The Morgan fingerprint density at radius 1 is 1.37 bits per heavy atom. The molecule has 1 aromatic rings. The molecule has 1 unspecified atom stereocenters. The molecule has 6 heteroatoms. The predicted molar refractivity (Wildman–Crippen MR) is 66.7 cm³/mol. The molecule has 1 aliphatic carbocycles. The van der Waals surface area contributed by atoms with Crippen LogP contribution in [0.3, 0.4) is 0 Å². The number of aromatic nitrogens is 2. The van der Waals surface area contributed by atoms with Crippen LogP contribution in [0.4, 0.5) is 19.1 Å². The quantitative estimate of drug-likeness (QED) is 0.888. The number of anilines is 1. The summed E-state index contributed by atoms with van der Waals surface area (Å²) in [6, 6.07) is 1.03. The molecule has 0 saturated heterocycles. The van der Waals surface area contributed by atoms with Crippen molar-refractivity contribution >= 4 is 5.95 Å². The van der Waals surface area contributed by atoms with Crippen LogP contribution in [0.5, 0.6) is 0 Å². The van der Waals surface area contributed by atoms with Crippen molar-refractivity contribution in [3.8, 4) is 0 Å². The Kier molecular flexibility index (Phi) is 3.69. The van der Waals surface area contributed by atoms with Crippen molar-refractivity contribution in [3.63, 3.8) is 0 Å². The minimum Gasteiger partial charge on any atom is -0.351 e. The van der Waals surface area contributed by atoms with Crippen LogP contribution >= 0.6 is 0 Å². The monoisotopic (exact) mass is 273 g/mol. The van der Waals surface area contributed by atoms with Gasteiger partial charge in [0, 0.05) is 12.2 Å². The summed E-state index contributed by atoms with van der Waals surface area (Å²) in [5.74, 6) is 0.0672. The average molecular weight is 273 g/mol. The van der Waals surface area contributed by atoms with Crippen LogP contribution in [0, 0.1) is 5.41 Å². The van der Waals surface area contributed by atoms with Gasteiger partial charge in [0.15, 0.2) is 0 Å². The van der Waals surface area contributed by atoms with E-state index in [4.69, 9.17) is 0 Å². The number of nitrogens with one attached hydrogen (secondary N) is 1. The number of hydrogen-bond acceptors (Lipinski definition) is 3. The van der Waals surface area contributed by atoms with E-state index in [0.29, 0.717) is 0 Å². The molecule has 1 aromatic heterocycles. The zero-order valence-corrected chi connectivity index (χ0v) is 11.1. The molecule has 1 fully saturated rings. The van der Waals surface area contributed by atoms with Crippen molar-refractivity contribution in [1.82, 2.24) is 9.97 Å². The molecular weight excluding hydrogens is 255 g/mol. The molecule has 0 amide bonds. The van der Waals surface area contributed by atoms with Gasteiger partial charge in [-0.1, -0.05) is 20.3 Å². The Morgan fingerprint density at radius 3 is 2.74 bits per heavy atom. The molecule has 106 valence electrons. The number of alkyl halides is 3. The summed E-state index contributed by atoms with van der Waals surface area (Å²) in [6.07, 6.45) is 0.811. The predicted octanol–water partition coefficient (Wildman–Crippen LogP) is 3.88. The normalized spacial score (nSPS) is 23.1. The van der Waals surface area contributed by atoms with Gasteiger partial charge in [0.05, 0.1) is 0 Å². The molecule has 1 saturated carbocycles. The van der Waals surface area contributed by atoms with E-state index < -0.39 is 11.9 Å². The van der Waals surface area contributed by atoms with Gasteiger partial charge in [0.2, 0.25) is 5.95 Å². The zero-order chi connectivity index (χ0) is 14.1. The van der Waals surface area contributed by atoms with Gasteiger partial charge in [-0.05, 0) is 30.7 Å². The van der Waals surface area contributed by atoms with Crippen LogP contribution in [0.15, 0.2) is 12.3 Å². The molecular formula is C13H18F3N3. The van der Waals surface area contributed by atoms with E-state index in [1.807, 2.05) is 0 Å². The van der Waals surface area contributed by atoms with Crippen molar-refractivity contribution < 1.29 is 13.2 Å². The highest BCUT2D eigenvalue weighted by atomic mass is 19.4. The maximum atomic E-state index is 12.6. The van der Waals surface area contributed by atoms with Gasteiger partial charge in [0.25, 0.3) is 0 Å². The fourth-order valence-electron chi connectivity index (χ4n) is 2.59. The summed E-state index contributed by atoms with van der Waals surface area (Å²) in [5, 5.41) is 3.03. The molecule has 0 aromatic carbocycles. The fraction of sp³-hybridized carbons (Fsp3) is 0.692. The average Bonchev–Trinajstić information content (AvgIpc) is 2.26. The second-order valence-electron chi connectivity index (χ2n) is 5.87. The van der Waals surface area contributed by atoms with Gasteiger partial charge >= 0.3 is 6.18 Å². The standard InChI is InChI=1S/C13H18F3N3/c1-12(2)6-3-4-9(8-12)18-11-17-7-5-10(19-11)13(14,15)16/h5,7,9H,3-4,6,8H2,1-2H3,(H,17,18,19). The molecule has 0 spiro atoms. The summed E-state index contributed by atoms with van der Waals surface area (Å²) in [5.41, 5.74) is -0.683. The molecule has 1 aliphatic rings. The van der Waals surface area contributed by atoms with Crippen LogP contribution in [-0.4, -0.2) is 16.0 Å². The van der Waals surface area contributed by atoms with Crippen molar-refractivity contribution in [2.75, 3.05) is 5.32 Å². The lowest BCUT2D eigenvalue weighted by Gasteiger charge is -2.35. The molecule has 0 aliphatic heterocycles. The third-order valence-electron chi connectivity index (χ3n) is 3.48. The first-order valence-corrected chi connectivity index (χ1v) is 6.43. The second kappa shape index (κ2) is 4.98. The number of hydrogen-bond donors (Lipinski definition) is 1. The molecule has 2 rings (SSSR count). The molecule has 1 heterocycles. The molecule has 0 radical (unpaired) electrons. The minimum atomic E-state index is -4.43. The fourth-order valence-corrected chi connectivity index (χ4v) is 2.59. The number of nitrogens with zero attached hydrogens (tertiary/aromatic N) is 2. The van der Waals surface area contributed by atoms with Gasteiger partial charge < -0.3 is 5.32 Å². The van der Waals surface area contributed by atoms with Crippen LogP contribution in [0.2, 0.25) is 0 Å². The highest BCUT2D eigenvalue weighted by Gasteiger charge is 2.33. The van der Waals surface area contributed by atoms with Crippen LogP contribution in [0.25, 0.3) is 0 Å². The van der Waals surface area contributed by atoms with Crippen molar-refractivity contribution in [2.24, 2.45) is 5.41 Å². The summed E-state index contributed by atoms with van der Waals surface area (Å²) in [6.45, 7) is 4.35. The third kappa shape index (κ3) is 3.81. The molecule has 1 N–H and O–H groups in total. The molecule has 0 bridgehead atoms. The maximum Gasteiger partial charge on any atom is 0.433 e. The van der Waals surface area contributed by atoms with E-state index in [1.54, 1.807) is 0 Å². The Hall–Kier alpha value is -1.33. The van der Waals surface area contributed by atoms with Crippen LogP contribution < -0.4 is 5.32 Å². The highest BCUT2D eigenvalue weighted by molar-refractivity contribution is 5.28. The zero-order valence-electron chi connectivity index (χ0n) is 11.1. The summed E-state index contributed by atoms with van der Waals surface area (Å²) >= 11 is 0. The lowest BCUT2D eigenvalue weighted by atomic mass is 9.75. The van der Waals surface area contributed by atoms with Gasteiger partial charge in [-0.15, -0.1) is 0 Å². The Morgan fingerprint density at radius 2 is 2.11 bits per heavy atom. The minimum absolute atomic E-state index is 0.0672. The smallest absolute Gasteiger partial charge is 0.351 e. The molecule has 3 nitrogen and oxygen atoms in total. The van der Waals surface area contributed by atoms with E-state index in [0.717, 1.165) is 37.9 Å². The van der Waals surface area contributed by atoms with Crippen molar-refractivity contribution in [1.29, 1.82) is 0 Å². The topological polar surface area (TPSA) is 37.8 Å². The van der Waals surface area contributed by atoms with Crippen molar-refractivity contribution in [2.45, 2.75) is 51.7 Å². The first kappa shape index (κ1) is 14.1. The van der Waals surface area contributed by atoms with Crippen molar-refractivity contribution in [3.05, 3.63) is 18.0 Å². The first-order chi connectivity index (χ1) is 8.76. The summed E-state index contributed by atoms with van der Waals surface area (Å²) < 4.78 is 37.7. The first-order valence-electron chi connectivity index (χ1n) is 6.43. The van der Waals surface area contributed by atoms with E-state index in [9.17, 15) is 13.2 Å². The third-order valence-corrected chi connectivity index (χ3v) is 3.48. The Labute approximate surface area is 110 Å². The lowest BCUT2D eigenvalue weighted by Crippen LogP contribution is -2.32. The van der Waals surface area contributed by atoms with E-state index in [-0.39, 0.29) is 17.4 Å². The lowest BCUT2D eigenvalue weighted by molar-refractivity contribution is -0.141. The molecule has 1 atom stereocenters. The van der Waals surface area contributed by atoms with Gasteiger partial charge in [-0.2, -0.15) is 13.2 Å².